The largest absolute Gasteiger partial charge is 0.342 e. The highest BCUT2D eigenvalue weighted by Crippen LogP contribution is 2.63. The molecule has 3 fully saturated rings. The first-order valence-electron chi connectivity index (χ1n) is 10.3. The molecule has 3 heterocycles. The first-order chi connectivity index (χ1) is 13.2. The molecule has 2 aromatic heterocycles. The lowest BCUT2D eigenvalue weighted by Gasteiger charge is -2.32. The van der Waals surface area contributed by atoms with E-state index in [2.05, 4.69) is 20.2 Å². The summed E-state index contributed by atoms with van der Waals surface area (Å²) in [5.41, 5.74) is 2.09. The molecule has 3 aliphatic rings. The summed E-state index contributed by atoms with van der Waals surface area (Å²) in [4.78, 5) is 19.3. The highest BCUT2D eigenvalue weighted by Gasteiger charge is 2.59. The number of pyridine rings is 1. The van der Waals surface area contributed by atoms with Gasteiger partial charge in [-0.25, -0.2) is 0 Å². The SMILES string of the molecule is O=C([C@H]1CC12CCCC2)N1CCC(Cn2cc(-c3ccccn3)nn2)CC1. The third-order valence-corrected chi connectivity index (χ3v) is 6.92. The molecule has 6 heteroatoms. The Morgan fingerprint density at radius 3 is 2.70 bits per heavy atom. The van der Waals surface area contributed by atoms with E-state index in [9.17, 15) is 4.79 Å². The molecule has 1 spiro atoms. The summed E-state index contributed by atoms with van der Waals surface area (Å²) < 4.78 is 1.93. The van der Waals surface area contributed by atoms with Gasteiger partial charge in [0.15, 0.2) is 0 Å². The van der Waals surface area contributed by atoms with E-state index in [1.165, 1.54) is 25.7 Å². The molecule has 2 saturated carbocycles. The molecule has 1 saturated heterocycles. The third-order valence-electron chi connectivity index (χ3n) is 6.92. The lowest BCUT2D eigenvalue weighted by atomic mass is 9.95. The molecule has 1 atom stereocenters. The van der Waals surface area contributed by atoms with Crippen LogP contribution in [0.3, 0.4) is 0 Å². The van der Waals surface area contributed by atoms with Crippen molar-refractivity contribution in [2.75, 3.05) is 13.1 Å². The fourth-order valence-corrected chi connectivity index (χ4v) is 5.17. The number of piperidine rings is 1. The Hall–Kier alpha value is -2.24. The van der Waals surface area contributed by atoms with Gasteiger partial charge in [-0.05, 0) is 55.6 Å². The molecular weight excluding hydrogens is 338 g/mol. The van der Waals surface area contributed by atoms with Crippen molar-refractivity contribution in [1.82, 2.24) is 24.9 Å². The van der Waals surface area contributed by atoms with Crippen LogP contribution < -0.4 is 0 Å². The zero-order valence-electron chi connectivity index (χ0n) is 15.8. The number of amides is 1. The second kappa shape index (κ2) is 6.73. The van der Waals surface area contributed by atoms with Gasteiger partial charge in [0.2, 0.25) is 5.91 Å². The van der Waals surface area contributed by atoms with Crippen LogP contribution in [0.4, 0.5) is 0 Å². The molecule has 2 aliphatic carbocycles. The monoisotopic (exact) mass is 365 g/mol. The summed E-state index contributed by atoms with van der Waals surface area (Å²) in [5, 5.41) is 8.53. The minimum Gasteiger partial charge on any atom is -0.342 e. The van der Waals surface area contributed by atoms with Crippen molar-refractivity contribution in [1.29, 1.82) is 0 Å². The van der Waals surface area contributed by atoms with Crippen LogP contribution in [0.5, 0.6) is 0 Å². The van der Waals surface area contributed by atoms with E-state index in [4.69, 9.17) is 0 Å². The molecule has 0 radical (unpaired) electrons. The second-order valence-corrected chi connectivity index (χ2v) is 8.64. The van der Waals surface area contributed by atoms with Crippen LogP contribution in [0.1, 0.15) is 44.9 Å². The van der Waals surface area contributed by atoms with Crippen LogP contribution in [-0.4, -0.2) is 43.9 Å². The van der Waals surface area contributed by atoms with Gasteiger partial charge in [0.25, 0.3) is 0 Å². The lowest BCUT2D eigenvalue weighted by molar-refractivity contribution is -0.134. The average molecular weight is 365 g/mol. The Morgan fingerprint density at radius 1 is 1.15 bits per heavy atom. The lowest BCUT2D eigenvalue weighted by Crippen LogP contribution is -2.40. The van der Waals surface area contributed by atoms with Crippen molar-refractivity contribution in [3.8, 4) is 11.4 Å². The molecule has 2 aromatic rings. The van der Waals surface area contributed by atoms with Crippen LogP contribution in [0.15, 0.2) is 30.6 Å². The molecule has 5 rings (SSSR count). The molecule has 0 aromatic carbocycles. The number of aromatic nitrogens is 4. The molecule has 1 aliphatic heterocycles. The van der Waals surface area contributed by atoms with E-state index in [0.717, 1.165) is 50.3 Å². The first-order valence-corrected chi connectivity index (χ1v) is 10.3. The van der Waals surface area contributed by atoms with E-state index in [1.54, 1.807) is 6.20 Å². The molecule has 6 nitrogen and oxygen atoms in total. The van der Waals surface area contributed by atoms with Crippen LogP contribution in [0.25, 0.3) is 11.4 Å². The smallest absolute Gasteiger partial charge is 0.226 e. The van der Waals surface area contributed by atoms with Crippen molar-refractivity contribution in [3.05, 3.63) is 30.6 Å². The Balaban J connectivity index is 1.14. The second-order valence-electron chi connectivity index (χ2n) is 8.64. The number of rotatable bonds is 4. The molecule has 1 amide bonds. The molecular formula is C21H27N5O. The Kier molecular flexibility index (Phi) is 4.21. The number of likely N-dealkylation sites (tertiary alicyclic amines) is 1. The highest BCUT2D eigenvalue weighted by atomic mass is 16.2. The van der Waals surface area contributed by atoms with Crippen LogP contribution in [-0.2, 0) is 11.3 Å². The fourth-order valence-electron chi connectivity index (χ4n) is 5.17. The average Bonchev–Trinajstić information content (AvgIpc) is 3.02. The van der Waals surface area contributed by atoms with Crippen molar-refractivity contribution >= 4 is 5.91 Å². The highest BCUT2D eigenvalue weighted by molar-refractivity contribution is 5.82. The minimum absolute atomic E-state index is 0.341. The van der Waals surface area contributed by atoms with Gasteiger partial charge in [-0.3, -0.25) is 14.5 Å². The maximum atomic E-state index is 12.8. The summed E-state index contributed by atoms with van der Waals surface area (Å²) in [7, 11) is 0. The third kappa shape index (κ3) is 3.26. The van der Waals surface area contributed by atoms with Crippen LogP contribution >= 0.6 is 0 Å². The van der Waals surface area contributed by atoms with Gasteiger partial charge in [0, 0.05) is 31.7 Å². The van der Waals surface area contributed by atoms with Gasteiger partial charge in [-0.1, -0.05) is 24.1 Å². The zero-order chi connectivity index (χ0) is 18.3. The summed E-state index contributed by atoms with van der Waals surface area (Å²) in [5.74, 6) is 1.34. The number of hydrogen-bond acceptors (Lipinski definition) is 4. The number of nitrogens with zero attached hydrogens (tertiary/aromatic N) is 5. The number of hydrogen-bond donors (Lipinski definition) is 0. The predicted molar refractivity (Wildman–Crippen MR) is 102 cm³/mol. The standard InChI is InChI=1S/C21H27N5O/c27-20(17-13-21(17)8-2-3-9-21)25-11-6-16(7-12-25)14-26-15-19(23-24-26)18-5-1-4-10-22-18/h1,4-5,10,15-17H,2-3,6-9,11-14H2/t17-/m1/s1. The van der Waals surface area contributed by atoms with Gasteiger partial charge < -0.3 is 4.90 Å². The number of carbonyl (C=O) groups is 1. The van der Waals surface area contributed by atoms with Crippen molar-refractivity contribution in [2.45, 2.75) is 51.5 Å². The van der Waals surface area contributed by atoms with Crippen molar-refractivity contribution < 1.29 is 4.79 Å². The molecule has 0 unspecified atom stereocenters. The summed E-state index contributed by atoms with van der Waals surface area (Å²) in [6.45, 7) is 2.67. The predicted octanol–water partition coefficient (Wildman–Crippen LogP) is 3.16. The van der Waals surface area contributed by atoms with Crippen LogP contribution in [0, 0.1) is 17.3 Å². The van der Waals surface area contributed by atoms with E-state index in [-0.39, 0.29) is 0 Å². The van der Waals surface area contributed by atoms with Crippen molar-refractivity contribution in [2.24, 2.45) is 17.3 Å². The number of carbonyl (C=O) groups excluding carboxylic acids is 1. The maximum Gasteiger partial charge on any atom is 0.226 e. The fraction of sp³-hybridized carbons (Fsp3) is 0.619. The molecule has 27 heavy (non-hydrogen) atoms. The summed E-state index contributed by atoms with van der Waals surface area (Å²) in [6.07, 6.45) is 12.2. The first kappa shape index (κ1) is 16.9. The van der Waals surface area contributed by atoms with Gasteiger partial charge in [-0.2, -0.15) is 0 Å². The molecule has 0 N–H and O–H groups in total. The van der Waals surface area contributed by atoms with Crippen LogP contribution in [0.2, 0.25) is 0 Å². The van der Waals surface area contributed by atoms with E-state index in [0.29, 0.717) is 23.2 Å². The van der Waals surface area contributed by atoms with E-state index < -0.39 is 0 Å². The van der Waals surface area contributed by atoms with Gasteiger partial charge in [-0.15, -0.1) is 5.10 Å². The Labute approximate surface area is 160 Å². The normalized spacial score (nSPS) is 24.4. The van der Waals surface area contributed by atoms with Gasteiger partial charge in [0.05, 0.1) is 11.9 Å². The summed E-state index contributed by atoms with van der Waals surface area (Å²) >= 11 is 0. The minimum atomic E-state index is 0.341. The van der Waals surface area contributed by atoms with Gasteiger partial charge in [0.1, 0.15) is 5.69 Å². The maximum absolute atomic E-state index is 12.8. The molecule has 142 valence electrons. The topological polar surface area (TPSA) is 63.9 Å². The van der Waals surface area contributed by atoms with E-state index in [1.807, 2.05) is 29.1 Å². The zero-order valence-corrected chi connectivity index (χ0v) is 15.8. The Morgan fingerprint density at radius 2 is 1.96 bits per heavy atom. The Bertz CT molecular complexity index is 803. The molecule has 0 bridgehead atoms. The summed E-state index contributed by atoms with van der Waals surface area (Å²) in [6, 6.07) is 5.82. The quantitative estimate of drug-likeness (QED) is 0.835. The van der Waals surface area contributed by atoms with Crippen molar-refractivity contribution in [3.63, 3.8) is 0 Å². The van der Waals surface area contributed by atoms with Gasteiger partial charge >= 0.3 is 0 Å². The van der Waals surface area contributed by atoms with E-state index >= 15 is 0 Å².